The van der Waals surface area contributed by atoms with Gasteiger partial charge in [0.25, 0.3) is 0 Å². The molecule has 14 heavy (non-hydrogen) atoms. The minimum Gasteiger partial charge on any atom is -0.352 e. The number of amides is 1. The molecule has 4 heteroatoms. The maximum absolute atomic E-state index is 11.7. The molecule has 3 unspecified atom stereocenters. The number of hydrogen-bond acceptors (Lipinski definition) is 3. The van der Waals surface area contributed by atoms with E-state index in [1.54, 1.807) is 0 Å². The van der Waals surface area contributed by atoms with E-state index < -0.39 is 0 Å². The highest BCUT2D eigenvalue weighted by atomic mass is 16.2. The van der Waals surface area contributed by atoms with E-state index in [-0.39, 0.29) is 17.9 Å². The van der Waals surface area contributed by atoms with Crippen LogP contribution in [-0.2, 0) is 4.79 Å². The lowest BCUT2D eigenvalue weighted by Crippen LogP contribution is -2.41. The molecule has 4 N–H and O–H groups in total. The summed E-state index contributed by atoms with van der Waals surface area (Å²) in [7, 11) is 0. The molecule has 1 saturated carbocycles. The van der Waals surface area contributed by atoms with Gasteiger partial charge in [0.1, 0.15) is 0 Å². The molecular formula is C10H19N3O. The summed E-state index contributed by atoms with van der Waals surface area (Å²) in [5, 5.41) is 6.38. The van der Waals surface area contributed by atoms with Crippen LogP contribution in [0.3, 0.4) is 0 Å². The maximum Gasteiger partial charge on any atom is 0.224 e. The standard InChI is InChI=1S/C10H19N3O/c1-5(6(2)11)10(14)13-9-7-3-12-4-8(7)9/h5-9,12H,3-4,11H2,1-2H3,(H,13,14)/t5?,6?,7-,8+,9?. The molecule has 0 aromatic heterocycles. The van der Waals surface area contributed by atoms with Crippen molar-refractivity contribution in [3.8, 4) is 0 Å². The Morgan fingerprint density at radius 1 is 1.43 bits per heavy atom. The van der Waals surface area contributed by atoms with Gasteiger partial charge in [-0.2, -0.15) is 0 Å². The SMILES string of the molecule is CC(N)C(C)C(=O)NC1[C@H]2CNC[C@@H]12. The van der Waals surface area contributed by atoms with Gasteiger partial charge in [0.05, 0.1) is 0 Å². The van der Waals surface area contributed by atoms with E-state index in [4.69, 9.17) is 5.73 Å². The molecule has 2 rings (SSSR count). The molecule has 5 atom stereocenters. The number of hydrogen-bond donors (Lipinski definition) is 3. The van der Waals surface area contributed by atoms with Crippen molar-refractivity contribution in [3.05, 3.63) is 0 Å². The fourth-order valence-electron chi connectivity index (χ4n) is 2.17. The molecule has 1 heterocycles. The van der Waals surface area contributed by atoms with Crippen molar-refractivity contribution in [2.75, 3.05) is 13.1 Å². The number of piperidine rings is 1. The first-order valence-electron chi connectivity index (χ1n) is 5.38. The minimum atomic E-state index is -0.0794. The average Bonchev–Trinajstić information content (AvgIpc) is 2.63. The van der Waals surface area contributed by atoms with Gasteiger partial charge < -0.3 is 16.4 Å². The summed E-state index contributed by atoms with van der Waals surface area (Å²) >= 11 is 0. The highest BCUT2D eigenvalue weighted by Crippen LogP contribution is 2.41. The summed E-state index contributed by atoms with van der Waals surface area (Å²) in [4.78, 5) is 11.7. The molecule has 80 valence electrons. The molecule has 2 fully saturated rings. The molecule has 0 aromatic rings. The lowest BCUT2D eigenvalue weighted by Gasteiger charge is -2.16. The van der Waals surface area contributed by atoms with Crippen molar-refractivity contribution in [2.24, 2.45) is 23.5 Å². The van der Waals surface area contributed by atoms with Crippen LogP contribution in [0.2, 0.25) is 0 Å². The average molecular weight is 197 g/mol. The molecule has 1 saturated heterocycles. The summed E-state index contributed by atoms with van der Waals surface area (Å²) in [5.41, 5.74) is 5.68. The van der Waals surface area contributed by atoms with Gasteiger partial charge >= 0.3 is 0 Å². The second-order valence-corrected chi connectivity index (χ2v) is 4.67. The topological polar surface area (TPSA) is 67.2 Å². The quantitative estimate of drug-likeness (QED) is 0.560. The third-order valence-corrected chi connectivity index (χ3v) is 3.60. The van der Waals surface area contributed by atoms with Crippen molar-refractivity contribution >= 4 is 5.91 Å². The van der Waals surface area contributed by atoms with Crippen molar-refractivity contribution in [2.45, 2.75) is 25.9 Å². The van der Waals surface area contributed by atoms with E-state index in [1.807, 2.05) is 13.8 Å². The molecule has 0 bridgehead atoms. The summed E-state index contributed by atoms with van der Waals surface area (Å²) in [6.07, 6.45) is 0. The lowest BCUT2D eigenvalue weighted by atomic mass is 10.0. The van der Waals surface area contributed by atoms with E-state index in [0.717, 1.165) is 13.1 Å². The molecule has 0 radical (unpaired) electrons. The van der Waals surface area contributed by atoms with E-state index in [2.05, 4.69) is 10.6 Å². The number of nitrogens with two attached hydrogens (primary N) is 1. The predicted molar refractivity (Wildman–Crippen MR) is 54.6 cm³/mol. The first kappa shape index (κ1) is 9.93. The molecule has 0 spiro atoms. The van der Waals surface area contributed by atoms with Crippen molar-refractivity contribution < 1.29 is 4.79 Å². The Hall–Kier alpha value is -0.610. The van der Waals surface area contributed by atoms with Gasteiger partial charge in [0.2, 0.25) is 5.91 Å². The largest absolute Gasteiger partial charge is 0.352 e. The molecule has 1 amide bonds. The van der Waals surface area contributed by atoms with Gasteiger partial charge in [0.15, 0.2) is 0 Å². The number of carbonyl (C=O) groups is 1. The Balaban J connectivity index is 1.79. The molecule has 1 aliphatic carbocycles. The molecule has 4 nitrogen and oxygen atoms in total. The molecule has 1 aliphatic heterocycles. The van der Waals surface area contributed by atoms with Crippen molar-refractivity contribution in [1.82, 2.24) is 10.6 Å². The van der Waals surface area contributed by atoms with Crippen LogP contribution in [0.5, 0.6) is 0 Å². The third kappa shape index (κ3) is 1.64. The predicted octanol–water partition coefficient (Wildman–Crippen LogP) is -0.696. The zero-order valence-electron chi connectivity index (χ0n) is 8.79. The van der Waals surface area contributed by atoms with Gasteiger partial charge in [-0.05, 0) is 18.8 Å². The van der Waals surface area contributed by atoms with Crippen LogP contribution in [0, 0.1) is 17.8 Å². The summed E-state index contributed by atoms with van der Waals surface area (Å²) in [5.74, 6) is 1.39. The fourth-order valence-corrected chi connectivity index (χ4v) is 2.17. The van der Waals surface area contributed by atoms with Crippen LogP contribution in [0.15, 0.2) is 0 Å². The normalized spacial score (nSPS) is 38.6. The Labute approximate surface area is 84.6 Å². The van der Waals surface area contributed by atoms with Gasteiger partial charge in [-0.1, -0.05) is 6.92 Å². The van der Waals surface area contributed by atoms with Crippen LogP contribution in [0.1, 0.15) is 13.8 Å². The van der Waals surface area contributed by atoms with E-state index in [1.165, 1.54) is 0 Å². The van der Waals surface area contributed by atoms with Crippen LogP contribution < -0.4 is 16.4 Å². The van der Waals surface area contributed by atoms with E-state index >= 15 is 0 Å². The highest BCUT2D eigenvalue weighted by Gasteiger charge is 2.53. The van der Waals surface area contributed by atoms with Gasteiger partial charge in [0, 0.05) is 31.1 Å². The fraction of sp³-hybridized carbons (Fsp3) is 0.900. The summed E-state index contributed by atoms with van der Waals surface area (Å²) in [6, 6.07) is 0.358. The lowest BCUT2D eigenvalue weighted by molar-refractivity contribution is -0.125. The first-order chi connectivity index (χ1) is 6.61. The van der Waals surface area contributed by atoms with Crippen molar-refractivity contribution in [1.29, 1.82) is 0 Å². The third-order valence-electron chi connectivity index (χ3n) is 3.60. The van der Waals surface area contributed by atoms with Gasteiger partial charge in [-0.3, -0.25) is 4.79 Å². The zero-order chi connectivity index (χ0) is 10.3. The number of nitrogens with one attached hydrogen (secondary N) is 2. The Bertz CT molecular complexity index is 232. The van der Waals surface area contributed by atoms with Crippen LogP contribution >= 0.6 is 0 Å². The Morgan fingerprint density at radius 2 is 2.00 bits per heavy atom. The molecule has 2 aliphatic rings. The summed E-state index contributed by atoms with van der Waals surface area (Å²) < 4.78 is 0. The molecular weight excluding hydrogens is 178 g/mol. The van der Waals surface area contributed by atoms with Crippen molar-refractivity contribution in [3.63, 3.8) is 0 Å². The van der Waals surface area contributed by atoms with Crippen LogP contribution in [0.25, 0.3) is 0 Å². The van der Waals surface area contributed by atoms with Crippen LogP contribution in [0.4, 0.5) is 0 Å². The maximum atomic E-state index is 11.7. The zero-order valence-corrected chi connectivity index (χ0v) is 8.79. The van der Waals surface area contributed by atoms with E-state index in [9.17, 15) is 4.79 Å². The second-order valence-electron chi connectivity index (χ2n) is 4.67. The second kappa shape index (κ2) is 3.51. The Kier molecular flexibility index (Phi) is 2.49. The Morgan fingerprint density at radius 3 is 2.50 bits per heavy atom. The molecule has 0 aromatic carbocycles. The van der Waals surface area contributed by atoms with Gasteiger partial charge in [-0.15, -0.1) is 0 Å². The number of fused-ring (bicyclic) bond motifs is 1. The highest BCUT2D eigenvalue weighted by molar-refractivity contribution is 5.79. The monoisotopic (exact) mass is 197 g/mol. The van der Waals surface area contributed by atoms with Crippen LogP contribution in [-0.4, -0.2) is 31.1 Å². The van der Waals surface area contributed by atoms with Gasteiger partial charge in [-0.25, -0.2) is 0 Å². The first-order valence-corrected chi connectivity index (χ1v) is 5.38. The minimum absolute atomic E-state index is 0.0632. The van der Waals surface area contributed by atoms with E-state index in [0.29, 0.717) is 17.9 Å². The number of rotatable bonds is 3. The summed E-state index contributed by atoms with van der Waals surface area (Å²) in [6.45, 7) is 5.88. The smallest absolute Gasteiger partial charge is 0.224 e. The number of carbonyl (C=O) groups excluding carboxylic acids is 1.